The molecule has 1 aromatic carbocycles. The summed E-state index contributed by atoms with van der Waals surface area (Å²) in [5.74, 6) is 0.0172. The van der Waals surface area contributed by atoms with Crippen LogP contribution in [0.5, 0.6) is 0 Å². The van der Waals surface area contributed by atoms with Gasteiger partial charge >= 0.3 is 6.03 Å². The van der Waals surface area contributed by atoms with Crippen LogP contribution in [0.25, 0.3) is 0 Å². The number of rotatable bonds is 4. The number of benzene rings is 1. The van der Waals surface area contributed by atoms with Gasteiger partial charge in [0.25, 0.3) is 5.91 Å². The molecule has 25 heavy (non-hydrogen) atoms. The molecule has 1 spiro atoms. The maximum atomic E-state index is 12.8. The number of carbonyl (C=O) groups is 2. The van der Waals surface area contributed by atoms with Crippen molar-refractivity contribution in [3.05, 3.63) is 29.8 Å². The fraction of sp³-hybridized carbons (Fsp3) is 0.529. The van der Waals surface area contributed by atoms with Crippen molar-refractivity contribution >= 4 is 22.0 Å². The number of hydrogen-bond acceptors (Lipinski definition) is 4. The van der Waals surface area contributed by atoms with Gasteiger partial charge in [-0.25, -0.2) is 13.2 Å². The molecule has 0 bridgehead atoms. The molecule has 0 saturated carbocycles. The second kappa shape index (κ2) is 6.42. The first-order valence-electron chi connectivity index (χ1n) is 8.52. The highest BCUT2D eigenvalue weighted by Gasteiger charge is 2.49. The summed E-state index contributed by atoms with van der Waals surface area (Å²) in [6, 6.07) is 6.49. The van der Waals surface area contributed by atoms with Gasteiger partial charge in [0, 0.05) is 13.1 Å². The Morgan fingerprint density at radius 3 is 2.24 bits per heavy atom. The minimum absolute atomic E-state index is 0.198. The number of hydrogen-bond donors (Lipinski definition) is 2. The molecule has 2 fully saturated rings. The second-order valence-corrected chi connectivity index (χ2v) is 8.71. The van der Waals surface area contributed by atoms with Crippen molar-refractivity contribution in [1.82, 2.24) is 14.9 Å². The van der Waals surface area contributed by atoms with Crippen molar-refractivity contribution in [3.63, 3.8) is 0 Å². The van der Waals surface area contributed by atoms with E-state index < -0.39 is 21.6 Å². The maximum absolute atomic E-state index is 12.8. The monoisotopic (exact) mass is 365 g/mol. The Labute approximate surface area is 147 Å². The standard InChI is InChI=1S/C17H23N3O4S/c1-3-12(2)13-4-6-14(7-5-13)25(23,24)20-10-8-17(9-11-20)15(21)18-16(22)19-17/h4-7,12H,3,8-11H2,1-2H3,(H2,18,19,21,22)/t12-/m0/s1. The first-order valence-corrected chi connectivity index (χ1v) is 9.96. The van der Waals surface area contributed by atoms with Crippen LogP contribution in [0.4, 0.5) is 4.79 Å². The molecule has 7 nitrogen and oxygen atoms in total. The molecule has 1 aromatic rings. The Bertz CT molecular complexity index is 781. The maximum Gasteiger partial charge on any atom is 0.322 e. The first-order chi connectivity index (χ1) is 11.8. The minimum Gasteiger partial charge on any atom is -0.323 e. The molecule has 0 unspecified atom stereocenters. The number of carbonyl (C=O) groups excluding carboxylic acids is 2. The lowest BCUT2D eigenvalue weighted by Gasteiger charge is -2.36. The lowest BCUT2D eigenvalue weighted by molar-refractivity contribution is -0.125. The molecular formula is C17H23N3O4S. The molecule has 0 aromatic heterocycles. The van der Waals surface area contributed by atoms with Crippen LogP contribution in [0.2, 0.25) is 0 Å². The first kappa shape index (κ1) is 17.9. The minimum atomic E-state index is -3.60. The van der Waals surface area contributed by atoms with E-state index in [1.54, 1.807) is 12.1 Å². The summed E-state index contributed by atoms with van der Waals surface area (Å²) in [7, 11) is -3.60. The third-order valence-corrected chi connectivity index (χ3v) is 7.20. The Morgan fingerprint density at radius 1 is 1.16 bits per heavy atom. The number of imide groups is 1. The molecule has 2 heterocycles. The fourth-order valence-corrected chi connectivity index (χ4v) is 4.78. The highest BCUT2D eigenvalue weighted by Crippen LogP contribution is 2.29. The molecule has 2 aliphatic rings. The van der Waals surface area contributed by atoms with Crippen LogP contribution in [0, 0.1) is 0 Å². The molecule has 0 aliphatic carbocycles. The highest BCUT2D eigenvalue weighted by molar-refractivity contribution is 7.89. The number of piperidine rings is 1. The van der Waals surface area contributed by atoms with E-state index in [0.717, 1.165) is 12.0 Å². The predicted molar refractivity (Wildman–Crippen MR) is 92.5 cm³/mol. The average Bonchev–Trinajstić information content (AvgIpc) is 2.87. The number of sulfonamides is 1. The molecule has 2 aliphatic heterocycles. The summed E-state index contributed by atoms with van der Waals surface area (Å²) in [5, 5.41) is 4.86. The topological polar surface area (TPSA) is 95.6 Å². The van der Waals surface area contributed by atoms with E-state index in [0.29, 0.717) is 5.92 Å². The smallest absolute Gasteiger partial charge is 0.322 e. The van der Waals surface area contributed by atoms with Crippen LogP contribution < -0.4 is 10.6 Å². The van der Waals surface area contributed by atoms with Gasteiger partial charge in [-0.15, -0.1) is 0 Å². The van der Waals surface area contributed by atoms with E-state index in [-0.39, 0.29) is 36.7 Å². The lowest BCUT2D eigenvalue weighted by Crippen LogP contribution is -2.55. The van der Waals surface area contributed by atoms with Crippen LogP contribution in [0.3, 0.4) is 0 Å². The molecule has 0 radical (unpaired) electrons. The largest absolute Gasteiger partial charge is 0.323 e. The van der Waals surface area contributed by atoms with Gasteiger partial charge in [-0.2, -0.15) is 4.31 Å². The van der Waals surface area contributed by atoms with Gasteiger partial charge in [-0.05, 0) is 42.9 Å². The van der Waals surface area contributed by atoms with Crippen molar-refractivity contribution in [1.29, 1.82) is 0 Å². The van der Waals surface area contributed by atoms with Crippen molar-refractivity contribution < 1.29 is 18.0 Å². The Morgan fingerprint density at radius 2 is 1.76 bits per heavy atom. The number of nitrogens with one attached hydrogen (secondary N) is 2. The van der Waals surface area contributed by atoms with E-state index in [2.05, 4.69) is 24.5 Å². The van der Waals surface area contributed by atoms with Gasteiger partial charge in [0.1, 0.15) is 5.54 Å². The summed E-state index contributed by atoms with van der Waals surface area (Å²) in [4.78, 5) is 23.6. The van der Waals surface area contributed by atoms with Crippen molar-refractivity contribution in [2.24, 2.45) is 0 Å². The van der Waals surface area contributed by atoms with Crippen molar-refractivity contribution in [3.8, 4) is 0 Å². The van der Waals surface area contributed by atoms with E-state index in [1.165, 1.54) is 4.31 Å². The number of amides is 3. The van der Waals surface area contributed by atoms with Crippen LogP contribution in [-0.2, 0) is 14.8 Å². The Hall–Kier alpha value is -1.93. The van der Waals surface area contributed by atoms with Crippen LogP contribution >= 0.6 is 0 Å². The molecule has 3 rings (SSSR count). The van der Waals surface area contributed by atoms with Crippen molar-refractivity contribution in [2.45, 2.75) is 49.5 Å². The van der Waals surface area contributed by atoms with E-state index in [1.807, 2.05) is 12.1 Å². The van der Waals surface area contributed by atoms with Gasteiger partial charge in [0.2, 0.25) is 10.0 Å². The van der Waals surface area contributed by atoms with E-state index >= 15 is 0 Å². The van der Waals surface area contributed by atoms with Crippen molar-refractivity contribution in [2.75, 3.05) is 13.1 Å². The third-order valence-electron chi connectivity index (χ3n) is 5.29. The van der Waals surface area contributed by atoms with Gasteiger partial charge in [-0.1, -0.05) is 26.0 Å². The van der Waals surface area contributed by atoms with Gasteiger partial charge < -0.3 is 5.32 Å². The molecular weight excluding hydrogens is 342 g/mol. The molecule has 1 atom stereocenters. The average molecular weight is 365 g/mol. The Balaban J connectivity index is 1.74. The summed E-state index contributed by atoms with van der Waals surface area (Å²) in [6.07, 6.45) is 1.54. The lowest BCUT2D eigenvalue weighted by atomic mass is 9.89. The van der Waals surface area contributed by atoms with Gasteiger partial charge in [0.15, 0.2) is 0 Å². The second-order valence-electron chi connectivity index (χ2n) is 6.77. The summed E-state index contributed by atoms with van der Waals surface area (Å²) in [5.41, 5.74) is 0.146. The fourth-order valence-electron chi connectivity index (χ4n) is 3.34. The molecule has 2 N–H and O–H groups in total. The van der Waals surface area contributed by atoms with Gasteiger partial charge in [-0.3, -0.25) is 10.1 Å². The van der Waals surface area contributed by atoms with Crippen LogP contribution in [0.15, 0.2) is 29.2 Å². The predicted octanol–water partition coefficient (Wildman–Crippen LogP) is 1.56. The highest BCUT2D eigenvalue weighted by atomic mass is 32.2. The quantitative estimate of drug-likeness (QED) is 0.792. The van der Waals surface area contributed by atoms with Gasteiger partial charge in [0.05, 0.1) is 4.90 Å². The third kappa shape index (κ3) is 3.16. The zero-order valence-electron chi connectivity index (χ0n) is 14.4. The summed E-state index contributed by atoms with van der Waals surface area (Å²) < 4.78 is 27.0. The summed E-state index contributed by atoms with van der Waals surface area (Å²) >= 11 is 0. The zero-order valence-corrected chi connectivity index (χ0v) is 15.2. The molecule has 136 valence electrons. The van der Waals surface area contributed by atoms with E-state index in [4.69, 9.17) is 0 Å². The molecule has 8 heteroatoms. The van der Waals surface area contributed by atoms with Crippen LogP contribution in [0.1, 0.15) is 44.6 Å². The normalized spacial score (nSPS) is 21.8. The molecule has 3 amide bonds. The number of urea groups is 1. The van der Waals surface area contributed by atoms with Crippen LogP contribution in [-0.4, -0.2) is 43.3 Å². The number of nitrogens with zero attached hydrogens (tertiary/aromatic N) is 1. The Kier molecular flexibility index (Phi) is 4.59. The zero-order chi connectivity index (χ0) is 18.2. The molecule has 2 saturated heterocycles. The van der Waals surface area contributed by atoms with E-state index in [9.17, 15) is 18.0 Å². The SMILES string of the molecule is CC[C@H](C)c1ccc(S(=O)(=O)N2CCC3(CC2)NC(=O)NC3=O)cc1. The summed E-state index contributed by atoms with van der Waals surface area (Å²) in [6.45, 7) is 4.59.